The SMILES string of the molecule is CN(C(=O)CC#N)S(=O)O. The number of nitrogens with zero attached hydrogens (tertiary/aromatic N) is 2. The lowest BCUT2D eigenvalue weighted by molar-refractivity contribution is -0.124. The molecule has 0 heterocycles. The van der Waals surface area contributed by atoms with Gasteiger partial charge in [0.15, 0.2) is 0 Å². The van der Waals surface area contributed by atoms with Crippen LogP contribution in [0, 0.1) is 11.3 Å². The number of amides is 1. The van der Waals surface area contributed by atoms with E-state index in [1.54, 1.807) is 6.07 Å². The Hall–Kier alpha value is -0.930. The summed E-state index contributed by atoms with van der Waals surface area (Å²) >= 11 is -2.31. The molecule has 1 atom stereocenters. The topological polar surface area (TPSA) is 81.4 Å². The summed E-state index contributed by atoms with van der Waals surface area (Å²) in [6.45, 7) is 0. The highest BCUT2D eigenvalue weighted by Gasteiger charge is 2.11. The Kier molecular flexibility index (Phi) is 3.61. The van der Waals surface area contributed by atoms with Crippen molar-refractivity contribution in [3.8, 4) is 6.07 Å². The molecule has 1 amide bonds. The summed E-state index contributed by atoms with van der Waals surface area (Å²) in [6, 6.07) is 1.57. The fourth-order valence-corrected chi connectivity index (χ4v) is 0.505. The number of rotatable bonds is 2. The summed E-state index contributed by atoms with van der Waals surface area (Å²) in [5.41, 5.74) is 0. The van der Waals surface area contributed by atoms with Gasteiger partial charge in [-0.3, -0.25) is 9.35 Å². The van der Waals surface area contributed by atoms with Crippen molar-refractivity contribution >= 4 is 17.2 Å². The third-order valence-electron chi connectivity index (χ3n) is 0.816. The highest BCUT2D eigenvalue weighted by Crippen LogP contribution is 1.90. The minimum absolute atomic E-state index is 0.372. The highest BCUT2D eigenvalue weighted by molar-refractivity contribution is 7.77. The maximum Gasteiger partial charge on any atom is 0.263 e. The number of carbonyl (C=O) groups excluding carboxylic acids is 1. The van der Waals surface area contributed by atoms with E-state index in [1.807, 2.05) is 0 Å². The maximum absolute atomic E-state index is 10.5. The van der Waals surface area contributed by atoms with Gasteiger partial charge >= 0.3 is 0 Å². The number of hydrogen-bond acceptors (Lipinski definition) is 3. The molecular weight excluding hydrogens is 156 g/mol. The van der Waals surface area contributed by atoms with Crippen LogP contribution in [0.3, 0.4) is 0 Å². The smallest absolute Gasteiger partial charge is 0.263 e. The van der Waals surface area contributed by atoms with E-state index in [0.29, 0.717) is 4.31 Å². The molecule has 10 heavy (non-hydrogen) atoms. The van der Waals surface area contributed by atoms with Gasteiger partial charge in [0.05, 0.1) is 6.07 Å². The van der Waals surface area contributed by atoms with Gasteiger partial charge in [0.2, 0.25) is 5.91 Å². The van der Waals surface area contributed by atoms with E-state index in [0.717, 1.165) is 7.05 Å². The summed E-state index contributed by atoms with van der Waals surface area (Å²) in [5.74, 6) is -0.664. The van der Waals surface area contributed by atoms with Crippen LogP contribution >= 0.6 is 0 Å². The molecule has 0 aromatic rings. The van der Waals surface area contributed by atoms with Gasteiger partial charge < -0.3 is 0 Å². The van der Waals surface area contributed by atoms with Crippen molar-refractivity contribution in [2.75, 3.05) is 7.05 Å². The summed E-state index contributed by atoms with van der Waals surface area (Å²) < 4.78 is 19.0. The second kappa shape index (κ2) is 3.98. The van der Waals surface area contributed by atoms with Crippen molar-refractivity contribution in [3.63, 3.8) is 0 Å². The minimum Gasteiger partial charge on any atom is -0.289 e. The second-order valence-electron chi connectivity index (χ2n) is 1.46. The summed E-state index contributed by atoms with van der Waals surface area (Å²) in [4.78, 5) is 10.5. The van der Waals surface area contributed by atoms with Gasteiger partial charge in [0.1, 0.15) is 6.42 Å². The molecule has 0 saturated carbocycles. The van der Waals surface area contributed by atoms with E-state index in [2.05, 4.69) is 0 Å². The van der Waals surface area contributed by atoms with Crippen LogP contribution in [0.25, 0.3) is 0 Å². The van der Waals surface area contributed by atoms with E-state index >= 15 is 0 Å². The van der Waals surface area contributed by atoms with Gasteiger partial charge in [0.25, 0.3) is 11.3 Å². The van der Waals surface area contributed by atoms with Crippen LogP contribution in [0.2, 0.25) is 0 Å². The molecule has 0 aromatic carbocycles. The van der Waals surface area contributed by atoms with E-state index < -0.39 is 17.2 Å². The molecule has 0 bridgehead atoms. The zero-order chi connectivity index (χ0) is 8.15. The maximum atomic E-state index is 10.5. The van der Waals surface area contributed by atoms with Gasteiger partial charge in [0, 0.05) is 7.05 Å². The van der Waals surface area contributed by atoms with Gasteiger partial charge in [-0.15, -0.1) is 0 Å². The third kappa shape index (κ3) is 2.57. The Morgan fingerprint density at radius 2 is 2.40 bits per heavy atom. The van der Waals surface area contributed by atoms with Gasteiger partial charge in [-0.25, -0.2) is 8.51 Å². The van der Waals surface area contributed by atoms with Crippen LogP contribution in [-0.2, 0) is 16.1 Å². The quantitative estimate of drug-likeness (QED) is 0.555. The van der Waals surface area contributed by atoms with Crippen molar-refractivity contribution in [3.05, 3.63) is 0 Å². The Morgan fingerprint density at radius 1 is 1.90 bits per heavy atom. The fourth-order valence-electron chi connectivity index (χ4n) is 0.266. The molecule has 0 aliphatic carbocycles. The summed E-state index contributed by atoms with van der Waals surface area (Å²) in [7, 11) is 1.15. The molecule has 5 nitrogen and oxygen atoms in total. The number of carbonyl (C=O) groups is 1. The molecule has 0 aliphatic heterocycles. The third-order valence-corrected chi connectivity index (χ3v) is 1.49. The average molecular weight is 162 g/mol. The zero-order valence-corrected chi connectivity index (χ0v) is 6.09. The molecule has 0 radical (unpaired) electrons. The Balaban J connectivity index is 3.98. The first-order chi connectivity index (χ1) is 4.59. The standard InChI is InChI=1S/C4H6N2O3S/c1-6(10(8)9)4(7)2-3-5/h2H2,1H3,(H,8,9). The molecule has 56 valence electrons. The lowest BCUT2D eigenvalue weighted by atomic mass is 10.4. The summed E-state index contributed by atoms with van der Waals surface area (Å²) in [6.07, 6.45) is -0.372. The van der Waals surface area contributed by atoms with Crippen molar-refractivity contribution in [1.82, 2.24) is 4.31 Å². The molecule has 1 unspecified atom stereocenters. The van der Waals surface area contributed by atoms with Gasteiger partial charge in [-0.05, 0) is 0 Å². The highest BCUT2D eigenvalue weighted by atomic mass is 32.2. The van der Waals surface area contributed by atoms with Crippen LogP contribution in [0.1, 0.15) is 6.42 Å². The van der Waals surface area contributed by atoms with Gasteiger partial charge in [-0.2, -0.15) is 5.26 Å². The van der Waals surface area contributed by atoms with Crippen molar-refractivity contribution < 1.29 is 13.6 Å². The Labute approximate surface area is 60.7 Å². The van der Waals surface area contributed by atoms with Crippen LogP contribution in [0.4, 0.5) is 0 Å². The largest absolute Gasteiger partial charge is 0.289 e. The van der Waals surface area contributed by atoms with E-state index in [-0.39, 0.29) is 6.42 Å². The Morgan fingerprint density at radius 3 is 2.70 bits per heavy atom. The molecule has 0 saturated heterocycles. The Bertz CT molecular complexity index is 197. The molecule has 0 aromatic heterocycles. The van der Waals surface area contributed by atoms with Crippen LogP contribution < -0.4 is 0 Å². The first kappa shape index (κ1) is 9.07. The van der Waals surface area contributed by atoms with Crippen LogP contribution in [0.5, 0.6) is 0 Å². The van der Waals surface area contributed by atoms with Crippen molar-refractivity contribution in [1.29, 1.82) is 5.26 Å². The first-order valence-corrected chi connectivity index (χ1v) is 3.40. The molecule has 1 N–H and O–H groups in total. The minimum atomic E-state index is -2.31. The van der Waals surface area contributed by atoms with Crippen molar-refractivity contribution in [2.45, 2.75) is 6.42 Å². The normalized spacial score (nSPS) is 11.7. The molecule has 0 spiro atoms. The van der Waals surface area contributed by atoms with E-state index in [4.69, 9.17) is 9.81 Å². The second-order valence-corrected chi connectivity index (χ2v) is 2.47. The lowest BCUT2D eigenvalue weighted by Crippen LogP contribution is -2.27. The molecule has 0 fully saturated rings. The molecule has 6 heteroatoms. The van der Waals surface area contributed by atoms with E-state index in [9.17, 15) is 9.00 Å². The van der Waals surface area contributed by atoms with Crippen molar-refractivity contribution in [2.24, 2.45) is 0 Å². The van der Waals surface area contributed by atoms with E-state index in [1.165, 1.54) is 0 Å². The van der Waals surface area contributed by atoms with Crippen LogP contribution in [-0.4, -0.2) is 26.0 Å². The lowest BCUT2D eigenvalue weighted by Gasteiger charge is -2.07. The predicted molar refractivity (Wildman–Crippen MR) is 33.8 cm³/mol. The van der Waals surface area contributed by atoms with Gasteiger partial charge in [-0.1, -0.05) is 0 Å². The zero-order valence-electron chi connectivity index (χ0n) is 5.27. The average Bonchev–Trinajstić information content (AvgIpc) is 1.87. The first-order valence-electron chi connectivity index (χ1n) is 2.34. The summed E-state index contributed by atoms with van der Waals surface area (Å²) in [5, 5.41) is 7.99. The monoisotopic (exact) mass is 162 g/mol. The predicted octanol–water partition coefficient (Wildman–Crippen LogP) is -0.505. The fraction of sp³-hybridized carbons (Fsp3) is 0.500. The van der Waals surface area contributed by atoms with Crippen LogP contribution in [0.15, 0.2) is 0 Å². The molecular formula is C4H6N2O3S. The number of hydrogen-bond donors (Lipinski definition) is 1. The number of nitriles is 1. The molecule has 0 rings (SSSR count). The molecule has 0 aliphatic rings.